The minimum absolute atomic E-state index is 0.0852. The molecular weight excluding hydrogens is 526 g/mol. The molecule has 0 bridgehead atoms. The number of benzene rings is 1. The summed E-state index contributed by atoms with van der Waals surface area (Å²) < 4.78 is 12.3. The third-order valence-electron chi connectivity index (χ3n) is 6.96. The Morgan fingerprint density at radius 2 is 1.93 bits per heavy atom. The van der Waals surface area contributed by atoms with E-state index in [0.717, 1.165) is 0 Å². The number of non-ortho nitro benzene ring substituents is 1. The van der Waals surface area contributed by atoms with Crippen LogP contribution in [0.1, 0.15) is 31.3 Å². The summed E-state index contributed by atoms with van der Waals surface area (Å²) in [5, 5.41) is 40.6. The van der Waals surface area contributed by atoms with Crippen molar-refractivity contribution in [2.24, 2.45) is 5.92 Å². The van der Waals surface area contributed by atoms with Gasteiger partial charge in [-0.05, 0) is 36.8 Å². The van der Waals surface area contributed by atoms with Crippen LogP contribution in [0.2, 0.25) is 0 Å². The van der Waals surface area contributed by atoms with E-state index in [4.69, 9.17) is 15.2 Å². The highest BCUT2D eigenvalue weighted by Crippen LogP contribution is 2.32. The van der Waals surface area contributed by atoms with Gasteiger partial charge in [0.15, 0.2) is 17.7 Å². The zero-order valence-electron chi connectivity index (χ0n) is 21.2. The van der Waals surface area contributed by atoms with Crippen LogP contribution in [0.5, 0.6) is 5.75 Å². The molecule has 2 fully saturated rings. The third kappa shape index (κ3) is 5.51. The first-order valence-corrected chi connectivity index (χ1v) is 12.6. The SMILES string of the molecule is Nc1nc(C#CCC2CCN(C(=O)Oc3ccc([N+](=O)[O-])cc3)CC2)nc2c1ncn2[C@@H]1O[C@H](CO)C(O)[C@@H]1O. The van der Waals surface area contributed by atoms with Crippen molar-refractivity contribution in [3.8, 4) is 17.6 Å². The third-order valence-corrected chi connectivity index (χ3v) is 6.96. The van der Waals surface area contributed by atoms with Crippen molar-refractivity contribution in [2.45, 2.75) is 43.8 Å². The van der Waals surface area contributed by atoms with E-state index in [2.05, 4.69) is 26.8 Å². The molecule has 5 rings (SSSR count). The molecule has 2 aromatic heterocycles. The molecule has 0 radical (unpaired) electrons. The number of piperidine rings is 1. The molecule has 4 heterocycles. The Morgan fingerprint density at radius 1 is 1.20 bits per heavy atom. The first kappa shape index (κ1) is 27.2. The second-order valence-electron chi connectivity index (χ2n) is 9.54. The topological polar surface area (TPSA) is 212 Å². The van der Waals surface area contributed by atoms with Crippen LogP contribution < -0.4 is 10.5 Å². The summed E-state index contributed by atoms with van der Waals surface area (Å²) in [5.41, 5.74) is 6.52. The van der Waals surface area contributed by atoms with Crippen LogP contribution in [0, 0.1) is 27.9 Å². The molecular formula is C25H27N7O8. The predicted molar refractivity (Wildman–Crippen MR) is 138 cm³/mol. The molecule has 0 spiro atoms. The van der Waals surface area contributed by atoms with Crippen molar-refractivity contribution < 1.29 is 34.5 Å². The van der Waals surface area contributed by atoms with E-state index in [0.29, 0.717) is 32.4 Å². The number of nitro groups is 1. The molecule has 2 aliphatic heterocycles. The maximum atomic E-state index is 12.5. The molecule has 15 nitrogen and oxygen atoms in total. The summed E-state index contributed by atoms with van der Waals surface area (Å²) in [6, 6.07) is 5.32. The first-order valence-electron chi connectivity index (χ1n) is 12.6. The maximum absolute atomic E-state index is 12.5. The van der Waals surface area contributed by atoms with Gasteiger partial charge in [0, 0.05) is 31.6 Å². The summed E-state index contributed by atoms with van der Waals surface area (Å²) in [7, 11) is 0. The number of nitrogen functional groups attached to an aromatic ring is 1. The van der Waals surface area contributed by atoms with E-state index in [1.54, 1.807) is 4.90 Å². The lowest BCUT2D eigenvalue weighted by Gasteiger charge is -2.30. The van der Waals surface area contributed by atoms with Crippen molar-refractivity contribution in [1.82, 2.24) is 24.4 Å². The number of aliphatic hydroxyl groups is 3. The van der Waals surface area contributed by atoms with Gasteiger partial charge in [0.2, 0.25) is 5.82 Å². The standard InChI is InChI=1S/C25H27N7O8/c26-22-19-23(31(13-27-19)24-21(35)20(34)17(12-33)40-24)29-18(28-22)3-1-2-14-8-10-30(11-9-14)25(36)39-16-6-4-15(5-7-16)32(37)38/h4-7,13-14,17,20-21,24,33-35H,2,8-12H2,(H2,26,28,29)/t17-,20?,21+,24-/m1/s1. The van der Waals surface area contributed by atoms with Crippen LogP contribution in [0.4, 0.5) is 16.3 Å². The van der Waals surface area contributed by atoms with E-state index < -0.39 is 42.2 Å². The van der Waals surface area contributed by atoms with Crippen molar-refractivity contribution in [2.75, 3.05) is 25.4 Å². The number of fused-ring (bicyclic) bond motifs is 1. The van der Waals surface area contributed by atoms with Gasteiger partial charge < -0.3 is 35.4 Å². The predicted octanol–water partition coefficient (Wildman–Crippen LogP) is 0.581. The summed E-state index contributed by atoms with van der Waals surface area (Å²) in [4.78, 5) is 37.1. The van der Waals surface area contributed by atoms with Crippen molar-refractivity contribution in [3.63, 3.8) is 0 Å². The molecule has 1 amide bonds. The molecule has 0 saturated carbocycles. The van der Waals surface area contributed by atoms with E-state index in [1.807, 2.05) is 0 Å². The Hall–Kier alpha value is -4.36. The van der Waals surface area contributed by atoms with Crippen LogP contribution in [-0.4, -0.2) is 88.8 Å². The van der Waals surface area contributed by atoms with Crippen LogP contribution in [0.25, 0.3) is 11.2 Å². The number of likely N-dealkylation sites (tertiary alicyclic amines) is 1. The smallest absolute Gasteiger partial charge is 0.410 e. The number of rotatable bonds is 5. The van der Waals surface area contributed by atoms with E-state index in [9.17, 15) is 30.2 Å². The lowest BCUT2D eigenvalue weighted by molar-refractivity contribution is -0.384. The highest BCUT2D eigenvalue weighted by molar-refractivity contribution is 5.82. The molecule has 2 saturated heterocycles. The van der Waals surface area contributed by atoms with Gasteiger partial charge in [-0.15, -0.1) is 0 Å². The van der Waals surface area contributed by atoms with Gasteiger partial charge in [-0.1, -0.05) is 5.92 Å². The number of ether oxygens (including phenoxy) is 2. The zero-order chi connectivity index (χ0) is 28.4. The van der Waals surface area contributed by atoms with Gasteiger partial charge in [-0.2, -0.15) is 0 Å². The highest BCUT2D eigenvalue weighted by atomic mass is 16.6. The first-order chi connectivity index (χ1) is 19.2. The molecule has 5 N–H and O–H groups in total. The number of amides is 1. The van der Waals surface area contributed by atoms with E-state index in [1.165, 1.54) is 35.2 Å². The number of carbonyl (C=O) groups is 1. The normalized spacial score (nSPS) is 23.1. The number of hydrogen-bond acceptors (Lipinski definition) is 12. The average Bonchev–Trinajstić information content (AvgIpc) is 3.50. The lowest BCUT2D eigenvalue weighted by Crippen LogP contribution is -2.40. The molecule has 1 aromatic carbocycles. The zero-order valence-corrected chi connectivity index (χ0v) is 21.2. The van der Waals surface area contributed by atoms with Crippen molar-refractivity contribution in [3.05, 3.63) is 46.5 Å². The number of aliphatic hydroxyl groups excluding tert-OH is 3. The minimum Gasteiger partial charge on any atom is -0.410 e. The molecule has 0 aliphatic carbocycles. The quantitative estimate of drug-likeness (QED) is 0.194. The molecule has 4 atom stereocenters. The van der Waals surface area contributed by atoms with Crippen molar-refractivity contribution >= 4 is 28.8 Å². The number of nitrogens with two attached hydrogens (primary N) is 1. The Labute approximate surface area is 227 Å². The molecule has 1 unspecified atom stereocenters. The number of imidazole rings is 1. The second-order valence-corrected chi connectivity index (χ2v) is 9.54. The molecule has 2 aliphatic rings. The Kier molecular flexibility index (Phi) is 7.76. The van der Waals surface area contributed by atoms with Gasteiger partial charge in [0.05, 0.1) is 17.9 Å². The van der Waals surface area contributed by atoms with Crippen LogP contribution in [-0.2, 0) is 4.74 Å². The number of hydrogen-bond donors (Lipinski definition) is 4. The molecule has 15 heteroatoms. The minimum atomic E-state index is -1.31. The van der Waals surface area contributed by atoms with Crippen LogP contribution in [0.3, 0.4) is 0 Å². The summed E-state index contributed by atoms with van der Waals surface area (Å²) in [6.45, 7) is 0.503. The number of carbonyl (C=O) groups excluding carboxylic acids is 1. The number of nitro benzene ring substituents is 1. The fraction of sp³-hybridized carbons (Fsp3) is 0.440. The van der Waals surface area contributed by atoms with Gasteiger partial charge in [0.1, 0.15) is 29.6 Å². The fourth-order valence-corrected chi connectivity index (χ4v) is 4.69. The number of aromatic nitrogens is 4. The van der Waals surface area contributed by atoms with Crippen LogP contribution >= 0.6 is 0 Å². The molecule has 3 aromatic rings. The van der Waals surface area contributed by atoms with E-state index in [-0.39, 0.29) is 40.2 Å². The van der Waals surface area contributed by atoms with Crippen molar-refractivity contribution in [1.29, 1.82) is 0 Å². The van der Waals surface area contributed by atoms with E-state index >= 15 is 0 Å². The fourth-order valence-electron chi connectivity index (χ4n) is 4.69. The van der Waals surface area contributed by atoms with Gasteiger partial charge >= 0.3 is 6.09 Å². The summed E-state index contributed by atoms with van der Waals surface area (Å²) >= 11 is 0. The second kappa shape index (κ2) is 11.4. The maximum Gasteiger partial charge on any atom is 0.415 e. The Balaban J connectivity index is 1.18. The highest BCUT2D eigenvalue weighted by Gasteiger charge is 2.44. The summed E-state index contributed by atoms with van der Waals surface area (Å²) in [6.07, 6.45) is -1.74. The van der Waals surface area contributed by atoms with Gasteiger partial charge in [0.25, 0.3) is 5.69 Å². The largest absolute Gasteiger partial charge is 0.415 e. The number of anilines is 1. The Morgan fingerprint density at radius 3 is 2.58 bits per heavy atom. The summed E-state index contributed by atoms with van der Waals surface area (Å²) in [5.74, 6) is 6.71. The Bertz CT molecular complexity index is 1460. The average molecular weight is 554 g/mol. The molecule has 40 heavy (non-hydrogen) atoms. The van der Waals surface area contributed by atoms with Gasteiger partial charge in [-0.3, -0.25) is 14.7 Å². The molecule has 210 valence electrons. The monoisotopic (exact) mass is 553 g/mol. The van der Waals surface area contributed by atoms with Crippen LogP contribution in [0.15, 0.2) is 30.6 Å². The number of nitrogens with zero attached hydrogens (tertiary/aromatic N) is 6. The lowest BCUT2D eigenvalue weighted by atomic mass is 9.94. The van der Waals surface area contributed by atoms with Gasteiger partial charge in [-0.25, -0.2) is 19.7 Å².